The fraction of sp³-hybridized carbons (Fsp3) is 0.407. The number of carbonyl (C=O) groups excluding carboxylic acids is 1. The molecule has 2 N–H and O–H groups in total. The van der Waals surface area contributed by atoms with Crippen LogP contribution >= 0.6 is 11.6 Å². The molecular weight excluding hydrogens is 480 g/mol. The standard InChI is InChI=1S/C27H27ClN4O4/c28-21-6-1-2-7-22(21)32-23(15-36-27-12-16-8-17(13-27)10-18(9-16)14-27)24(30-31-32)25(33)29-20-5-3-4-19(11-20)26(34)35/h1-7,11,16-18H,8-10,12-15H2,(H,29,33)(H,34,35). The number of aromatic nitrogens is 3. The second-order valence-electron chi connectivity index (χ2n) is 10.5. The van der Waals surface area contributed by atoms with Gasteiger partial charge in [-0.25, -0.2) is 9.48 Å². The number of para-hydroxylation sites is 1. The molecule has 0 aliphatic heterocycles. The first kappa shape index (κ1) is 23.2. The Morgan fingerprint density at radius 1 is 1.06 bits per heavy atom. The smallest absolute Gasteiger partial charge is 0.335 e. The molecular formula is C27H27ClN4O4. The van der Waals surface area contributed by atoms with Crippen LogP contribution in [0.15, 0.2) is 48.5 Å². The van der Waals surface area contributed by atoms with E-state index in [0.29, 0.717) is 22.1 Å². The summed E-state index contributed by atoms with van der Waals surface area (Å²) in [5.74, 6) is 0.631. The monoisotopic (exact) mass is 506 g/mol. The Hall–Kier alpha value is -3.23. The Balaban J connectivity index is 1.31. The lowest BCUT2D eigenvalue weighted by molar-refractivity contribution is -0.169. The maximum absolute atomic E-state index is 13.3. The number of nitrogens with zero attached hydrogens (tertiary/aromatic N) is 3. The number of carboxylic acid groups (broad SMARTS) is 1. The highest BCUT2D eigenvalue weighted by Gasteiger charge is 2.51. The van der Waals surface area contributed by atoms with Gasteiger partial charge in [-0.2, -0.15) is 0 Å². The van der Waals surface area contributed by atoms with E-state index in [4.69, 9.17) is 16.3 Å². The van der Waals surface area contributed by atoms with Crippen molar-refractivity contribution < 1.29 is 19.4 Å². The average Bonchev–Trinajstić information content (AvgIpc) is 3.26. The SMILES string of the molecule is O=C(O)c1cccc(NC(=O)c2nnn(-c3ccccc3Cl)c2COC23CC4CC(CC(C4)C2)C3)c1. The van der Waals surface area contributed by atoms with Gasteiger partial charge in [0.05, 0.1) is 28.5 Å². The van der Waals surface area contributed by atoms with Gasteiger partial charge in [0.15, 0.2) is 5.69 Å². The van der Waals surface area contributed by atoms with Gasteiger partial charge in [0.1, 0.15) is 5.69 Å². The number of rotatable bonds is 7. The van der Waals surface area contributed by atoms with Crippen LogP contribution in [0.1, 0.15) is 65.1 Å². The van der Waals surface area contributed by atoms with E-state index < -0.39 is 11.9 Å². The van der Waals surface area contributed by atoms with Crippen molar-refractivity contribution in [1.29, 1.82) is 0 Å². The van der Waals surface area contributed by atoms with Crippen LogP contribution in [-0.4, -0.2) is 37.6 Å². The zero-order chi connectivity index (χ0) is 24.9. The van der Waals surface area contributed by atoms with Crippen LogP contribution < -0.4 is 5.32 Å². The number of carbonyl (C=O) groups is 2. The molecule has 7 rings (SSSR count). The molecule has 4 saturated carbocycles. The van der Waals surface area contributed by atoms with Crippen molar-refractivity contribution in [2.75, 3.05) is 5.32 Å². The Morgan fingerprint density at radius 3 is 2.42 bits per heavy atom. The summed E-state index contributed by atoms with van der Waals surface area (Å²) in [4.78, 5) is 24.6. The van der Waals surface area contributed by atoms with Crippen LogP contribution in [0, 0.1) is 17.8 Å². The van der Waals surface area contributed by atoms with Crippen molar-refractivity contribution in [2.45, 2.75) is 50.7 Å². The maximum atomic E-state index is 13.3. The Kier molecular flexibility index (Phi) is 5.80. The number of nitrogens with one attached hydrogen (secondary N) is 1. The average molecular weight is 507 g/mol. The lowest BCUT2D eigenvalue weighted by atomic mass is 9.54. The summed E-state index contributed by atoms with van der Waals surface area (Å²) in [5.41, 5.74) is 1.54. The van der Waals surface area contributed by atoms with Gasteiger partial charge in [-0.3, -0.25) is 4.79 Å². The summed E-state index contributed by atoms with van der Waals surface area (Å²) in [6.07, 6.45) is 7.13. The molecule has 0 unspecified atom stereocenters. The fourth-order valence-corrected chi connectivity index (χ4v) is 6.99. The summed E-state index contributed by atoms with van der Waals surface area (Å²) in [6, 6.07) is 13.4. The fourth-order valence-electron chi connectivity index (χ4n) is 6.77. The van der Waals surface area contributed by atoms with E-state index in [1.165, 1.54) is 31.4 Å². The van der Waals surface area contributed by atoms with Gasteiger partial charge in [0, 0.05) is 5.69 Å². The largest absolute Gasteiger partial charge is 0.478 e. The zero-order valence-corrected chi connectivity index (χ0v) is 20.4. The van der Waals surface area contributed by atoms with E-state index >= 15 is 0 Å². The summed E-state index contributed by atoms with van der Waals surface area (Å²) in [7, 11) is 0. The van der Waals surface area contributed by atoms with E-state index in [2.05, 4.69) is 15.6 Å². The third-order valence-electron chi connectivity index (χ3n) is 7.92. The second kappa shape index (κ2) is 9.01. The van der Waals surface area contributed by atoms with Gasteiger partial charge < -0.3 is 15.2 Å². The first-order valence-electron chi connectivity index (χ1n) is 12.4. The van der Waals surface area contributed by atoms with Gasteiger partial charge in [-0.05, 0) is 86.6 Å². The number of aromatic carboxylic acids is 1. The molecule has 3 aromatic rings. The van der Waals surface area contributed by atoms with Gasteiger partial charge in [0.2, 0.25) is 0 Å². The van der Waals surface area contributed by atoms with E-state index in [9.17, 15) is 14.7 Å². The molecule has 1 aromatic heterocycles. The molecule has 2 aromatic carbocycles. The van der Waals surface area contributed by atoms with E-state index in [0.717, 1.165) is 37.0 Å². The third kappa shape index (κ3) is 4.29. The molecule has 0 spiro atoms. The highest BCUT2D eigenvalue weighted by Crippen LogP contribution is 2.57. The van der Waals surface area contributed by atoms with Gasteiger partial charge in [0.25, 0.3) is 5.91 Å². The third-order valence-corrected chi connectivity index (χ3v) is 8.24. The topological polar surface area (TPSA) is 106 Å². The molecule has 9 heteroatoms. The normalized spacial score (nSPS) is 26.2. The second-order valence-corrected chi connectivity index (χ2v) is 10.9. The molecule has 0 atom stereocenters. The summed E-state index contributed by atoms with van der Waals surface area (Å²) >= 11 is 6.47. The quantitative estimate of drug-likeness (QED) is 0.447. The molecule has 4 bridgehead atoms. The summed E-state index contributed by atoms with van der Waals surface area (Å²) in [6.45, 7) is 0.183. The lowest BCUT2D eigenvalue weighted by Crippen LogP contribution is -2.51. The molecule has 4 aliphatic carbocycles. The van der Waals surface area contributed by atoms with Crippen molar-refractivity contribution >= 4 is 29.2 Å². The van der Waals surface area contributed by atoms with Crippen LogP contribution in [0.4, 0.5) is 5.69 Å². The van der Waals surface area contributed by atoms with E-state index in [1.54, 1.807) is 22.9 Å². The minimum Gasteiger partial charge on any atom is -0.478 e. The summed E-state index contributed by atoms with van der Waals surface area (Å²) in [5, 5.41) is 21.0. The van der Waals surface area contributed by atoms with Crippen molar-refractivity contribution in [3.05, 3.63) is 70.5 Å². The molecule has 36 heavy (non-hydrogen) atoms. The van der Waals surface area contributed by atoms with Crippen LogP contribution in [0.5, 0.6) is 0 Å². The highest BCUT2D eigenvalue weighted by molar-refractivity contribution is 6.32. The molecule has 1 amide bonds. The number of anilines is 1. The zero-order valence-electron chi connectivity index (χ0n) is 19.7. The summed E-state index contributed by atoms with van der Waals surface area (Å²) < 4.78 is 8.25. The van der Waals surface area contributed by atoms with Crippen LogP contribution in [0.25, 0.3) is 5.69 Å². The molecule has 0 saturated heterocycles. The molecule has 1 heterocycles. The number of carboxylic acids is 1. The first-order valence-corrected chi connectivity index (χ1v) is 12.7. The molecule has 8 nitrogen and oxygen atoms in total. The Morgan fingerprint density at radius 2 is 1.75 bits per heavy atom. The predicted octanol–water partition coefficient (Wildman–Crippen LogP) is 5.36. The van der Waals surface area contributed by atoms with Gasteiger partial charge in [-0.1, -0.05) is 35.0 Å². The number of amides is 1. The van der Waals surface area contributed by atoms with Crippen LogP contribution in [0.3, 0.4) is 0 Å². The highest BCUT2D eigenvalue weighted by atomic mass is 35.5. The van der Waals surface area contributed by atoms with E-state index in [1.807, 2.05) is 18.2 Å². The number of hydrogen-bond donors (Lipinski definition) is 2. The number of hydrogen-bond acceptors (Lipinski definition) is 5. The number of halogens is 1. The van der Waals surface area contributed by atoms with Crippen molar-refractivity contribution in [3.8, 4) is 5.69 Å². The predicted molar refractivity (Wildman–Crippen MR) is 133 cm³/mol. The van der Waals surface area contributed by atoms with Gasteiger partial charge >= 0.3 is 5.97 Å². The number of ether oxygens (including phenoxy) is 1. The van der Waals surface area contributed by atoms with Crippen molar-refractivity contribution in [3.63, 3.8) is 0 Å². The Bertz CT molecular complexity index is 1300. The lowest BCUT2D eigenvalue weighted by Gasteiger charge is -2.56. The van der Waals surface area contributed by atoms with Gasteiger partial charge in [-0.15, -0.1) is 5.10 Å². The minimum atomic E-state index is -1.07. The Labute approximate surface area is 213 Å². The molecule has 4 fully saturated rings. The minimum absolute atomic E-state index is 0.0814. The number of benzene rings is 2. The maximum Gasteiger partial charge on any atom is 0.335 e. The van der Waals surface area contributed by atoms with E-state index in [-0.39, 0.29) is 23.5 Å². The molecule has 186 valence electrons. The first-order chi connectivity index (χ1) is 17.4. The van der Waals surface area contributed by atoms with Crippen LogP contribution in [0.2, 0.25) is 5.02 Å². The molecule has 4 aliphatic rings. The van der Waals surface area contributed by atoms with Crippen molar-refractivity contribution in [1.82, 2.24) is 15.0 Å². The molecule has 0 radical (unpaired) electrons. The van der Waals surface area contributed by atoms with Crippen molar-refractivity contribution in [2.24, 2.45) is 17.8 Å². The van der Waals surface area contributed by atoms with Crippen LogP contribution in [-0.2, 0) is 11.3 Å².